The molecule has 0 radical (unpaired) electrons. The summed E-state index contributed by atoms with van der Waals surface area (Å²) >= 11 is 0. The summed E-state index contributed by atoms with van der Waals surface area (Å²) in [5, 5.41) is 19.1. The minimum absolute atomic E-state index is 0.0149. The van der Waals surface area contributed by atoms with E-state index < -0.39 is 11.3 Å². The predicted octanol–water partition coefficient (Wildman–Crippen LogP) is 3.22. The molecule has 1 saturated carbocycles. The van der Waals surface area contributed by atoms with Crippen molar-refractivity contribution in [1.82, 2.24) is 0 Å². The smallest absolute Gasteiger partial charge is 0.248 e. The van der Waals surface area contributed by atoms with Crippen molar-refractivity contribution in [3.05, 3.63) is 0 Å². The van der Waals surface area contributed by atoms with Crippen LogP contribution in [-0.4, -0.2) is 29.3 Å². The van der Waals surface area contributed by atoms with Gasteiger partial charge in [0.25, 0.3) is 0 Å². The lowest BCUT2D eigenvalue weighted by Gasteiger charge is -2.38. The first-order valence-corrected chi connectivity index (χ1v) is 6.92. The van der Waals surface area contributed by atoms with Crippen LogP contribution in [0.3, 0.4) is 0 Å². The van der Waals surface area contributed by atoms with Crippen LogP contribution in [0.25, 0.3) is 0 Å². The molecule has 0 spiro atoms. The number of hydrogen-bond donors (Lipinski definition) is 2. The average molecular weight is 264 g/mol. The van der Waals surface area contributed by atoms with Crippen molar-refractivity contribution in [2.75, 3.05) is 13.2 Å². The summed E-state index contributed by atoms with van der Waals surface area (Å²) in [6.45, 7) is 3.80. The quantitative estimate of drug-likeness (QED) is 0.773. The second-order valence-electron chi connectivity index (χ2n) is 6.44. The molecule has 0 bridgehead atoms. The van der Waals surface area contributed by atoms with Gasteiger partial charge in [-0.25, -0.2) is 8.78 Å². The van der Waals surface area contributed by atoms with Gasteiger partial charge in [0.15, 0.2) is 0 Å². The van der Waals surface area contributed by atoms with E-state index in [1.807, 2.05) is 13.8 Å². The molecule has 2 N–H and O–H groups in total. The maximum Gasteiger partial charge on any atom is 0.248 e. The lowest BCUT2D eigenvalue weighted by molar-refractivity contribution is -0.0695. The molecule has 0 aromatic carbocycles. The fourth-order valence-electron chi connectivity index (χ4n) is 3.32. The minimum atomic E-state index is -2.56. The van der Waals surface area contributed by atoms with E-state index in [0.29, 0.717) is 25.2 Å². The molecule has 0 amide bonds. The Bertz CT molecular complexity index is 250. The van der Waals surface area contributed by atoms with Gasteiger partial charge in [0.05, 0.1) is 13.2 Å². The Kier molecular flexibility index (Phi) is 5.53. The Morgan fingerprint density at radius 1 is 1.28 bits per heavy atom. The average Bonchev–Trinajstić information content (AvgIpc) is 2.26. The van der Waals surface area contributed by atoms with Crippen molar-refractivity contribution in [2.45, 2.75) is 58.3 Å². The zero-order valence-corrected chi connectivity index (χ0v) is 11.5. The SMILES string of the molecule is CC(C)CC(CO)(CO)CC1CCCC(F)(F)C1. The predicted molar refractivity (Wildman–Crippen MR) is 67.6 cm³/mol. The topological polar surface area (TPSA) is 40.5 Å². The summed E-state index contributed by atoms with van der Waals surface area (Å²) in [6.07, 6.45) is 2.42. The third-order valence-electron chi connectivity index (χ3n) is 3.98. The molecule has 1 fully saturated rings. The van der Waals surface area contributed by atoms with E-state index in [0.717, 1.165) is 6.42 Å². The van der Waals surface area contributed by atoms with Crippen LogP contribution in [0.15, 0.2) is 0 Å². The van der Waals surface area contributed by atoms with Gasteiger partial charge in [-0.1, -0.05) is 13.8 Å². The van der Waals surface area contributed by atoms with Crippen LogP contribution in [0, 0.1) is 17.3 Å². The maximum absolute atomic E-state index is 13.4. The molecule has 4 heteroatoms. The molecule has 18 heavy (non-hydrogen) atoms. The summed E-state index contributed by atoms with van der Waals surface area (Å²) < 4.78 is 26.8. The van der Waals surface area contributed by atoms with Gasteiger partial charge in [-0.15, -0.1) is 0 Å². The lowest BCUT2D eigenvalue weighted by Crippen LogP contribution is -2.37. The van der Waals surface area contributed by atoms with Gasteiger partial charge in [0, 0.05) is 18.3 Å². The number of alkyl halides is 2. The first-order chi connectivity index (χ1) is 8.32. The molecule has 1 atom stereocenters. The molecule has 0 aliphatic heterocycles. The fraction of sp³-hybridized carbons (Fsp3) is 1.00. The second kappa shape index (κ2) is 6.29. The Hall–Kier alpha value is -0.220. The molecule has 1 rings (SSSR count). The fourth-order valence-corrected chi connectivity index (χ4v) is 3.32. The highest BCUT2D eigenvalue weighted by atomic mass is 19.3. The molecular weight excluding hydrogens is 238 g/mol. The first kappa shape index (κ1) is 15.8. The zero-order valence-electron chi connectivity index (χ0n) is 11.5. The van der Waals surface area contributed by atoms with Crippen LogP contribution in [0.5, 0.6) is 0 Å². The number of halogens is 2. The standard InChI is InChI=1S/C14H26F2O2/c1-11(2)6-13(9-17,10-18)7-12-4-3-5-14(15,16)8-12/h11-12,17-18H,3-10H2,1-2H3. The molecule has 0 aromatic rings. The first-order valence-electron chi connectivity index (χ1n) is 6.92. The molecule has 0 aromatic heterocycles. The highest BCUT2D eigenvalue weighted by Gasteiger charge is 2.40. The lowest BCUT2D eigenvalue weighted by atomic mass is 9.71. The van der Waals surface area contributed by atoms with E-state index in [1.54, 1.807) is 0 Å². The Morgan fingerprint density at radius 2 is 1.89 bits per heavy atom. The zero-order chi connectivity index (χ0) is 13.8. The van der Waals surface area contributed by atoms with Crippen molar-refractivity contribution in [1.29, 1.82) is 0 Å². The van der Waals surface area contributed by atoms with Gasteiger partial charge in [-0.05, 0) is 37.5 Å². The number of rotatable bonds is 6. The van der Waals surface area contributed by atoms with Crippen molar-refractivity contribution in [3.63, 3.8) is 0 Å². The van der Waals surface area contributed by atoms with Crippen LogP contribution in [0.1, 0.15) is 52.4 Å². The van der Waals surface area contributed by atoms with Crippen molar-refractivity contribution in [3.8, 4) is 0 Å². The van der Waals surface area contributed by atoms with Crippen LogP contribution in [-0.2, 0) is 0 Å². The Labute approximate surface area is 108 Å². The number of aliphatic hydroxyl groups excluding tert-OH is 2. The van der Waals surface area contributed by atoms with Crippen LogP contribution in [0.2, 0.25) is 0 Å². The molecule has 1 unspecified atom stereocenters. The van der Waals surface area contributed by atoms with Gasteiger partial charge in [0.1, 0.15) is 0 Å². The third-order valence-corrected chi connectivity index (χ3v) is 3.98. The molecule has 0 heterocycles. The second-order valence-corrected chi connectivity index (χ2v) is 6.44. The summed E-state index contributed by atoms with van der Waals surface area (Å²) in [7, 11) is 0. The highest BCUT2D eigenvalue weighted by Crippen LogP contribution is 2.43. The van der Waals surface area contributed by atoms with E-state index in [-0.39, 0.29) is 32.0 Å². The largest absolute Gasteiger partial charge is 0.396 e. The summed E-state index contributed by atoms with van der Waals surface area (Å²) in [4.78, 5) is 0. The van der Waals surface area contributed by atoms with Gasteiger partial charge < -0.3 is 10.2 Å². The van der Waals surface area contributed by atoms with Crippen molar-refractivity contribution < 1.29 is 19.0 Å². The van der Waals surface area contributed by atoms with E-state index in [9.17, 15) is 19.0 Å². The molecule has 1 aliphatic carbocycles. The monoisotopic (exact) mass is 264 g/mol. The summed E-state index contributed by atoms with van der Waals surface area (Å²) in [5.41, 5.74) is -0.591. The van der Waals surface area contributed by atoms with Crippen LogP contribution >= 0.6 is 0 Å². The number of hydrogen-bond acceptors (Lipinski definition) is 2. The third kappa shape index (κ3) is 4.47. The molecule has 0 saturated heterocycles. The van der Waals surface area contributed by atoms with Gasteiger partial charge >= 0.3 is 0 Å². The van der Waals surface area contributed by atoms with Crippen LogP contribution in [0.4, 0.5) is 8.78 Å². The Balaban J connectivity index is 2.65. The van der Waals surface area contributed by atoms with Gasteiger partial charge in [0.2, 0.25) is 5.92 Å². The van der Waals surface area contributed by atoms with Gasteiger partial charge in [-0.2, -0.15) is 0 Å². The minimum Gasteiger partial charge on any atom is -0.396 e. The highest BCUT2D eigenvalue weighted by molar-refractivity contribution is 4.86. The number of aliphatic hydroxyl groups is 2. The summed E-state index contributed by atoms with van der Waals surface area (Å²) in [5.74, 6) is -2.29. The van der Waals surface area contributed by atoms with E-state index in [4.69, 9.17) is 0 Å². The van der Waals surface area contributed by atoms with E-state index in [2.05, 4.69) is 0 Å². The summed E-state index contributed by atoms with van der Waals surface area (Å²) in [6, 6.07) is 0. The van der Waals surface area contributed by atoms with Crippen LogP contribution < -0.4 is 0 Å². The normalized spacial score (nSPS) is 24.5. The van der Waals surface area contributed by atoms with E-state index >= 15 is 0 Å². The maximum atomic E-state index is 13.4. The van der Waals surface area contributed by atoms with E-state index in [1.165, 1.54) is 0 Å². The van der Waals surface area contributed by atoms with Crippen molar-refractivity contribution >= 4 is 0 Å². The molecule has 1 aliphatic rings. The Morgan fingerprint density at radius 3 is 2.33 bits per heavy atom. The molecule has 108 valence electrons. The van der Waals surface area contributed by atoms with Gasteiger partial charge in [-0.3, -0.25) is 0 Å². The molecule has 2 nitrogen and oxygen atoms in total. The molecular formula is C14H26F2O2. The van der Waals surface area contributed by atoms with Crippen molar-refractivity contribution in [2.24, 2.45) is 17.3 Å².